The van der Waals surface area contributed by atoms with Crippen LogP contribution in [0.4, 0.5) is 5.69 Å². The third-order valence-corrected chi connectivity index (χ3v) is 2.99. The van der Waals surface area contributed by atoms with Crippen LogP contribution in [0.1, 0.15) is 15.9 Å². The minimum atomic E-state index is -0.565. The van der Waals surface area contributed by atoms with E-state index in [1.54, 1.807) is 18.2 Å². The number of carbonyl (C=O) groups is 1. The Morgan fingerprint density at radius 1 is 1.25 bits per heavy atom. The van der Waals surface area contributed by atoms with E-state index >= 15 is 0 Å². The van der Waals surface area contributed by atoms with Crippen LogP contribution < -0.4 is 4.74 Å². The van der Waals surface area contributed by atoms with Crippen LogP contribution in [0, 0.1) is 17.0 Å². The van der Waals surface area contributed by atoms with Crippen molar-refractivity contribution in [3.05, 3.63) is 62.7 Å². The Hall–Kier alpha value is -2.40. The lowest BCUT2D eigenvalue weighted by molar-refractivity contribution is -0.384. The summed E-state index contributed by atoms with van der Waals surface area (Å²) in [4.78, 5) is 20.8. The molecule has 0 aromatic heterocycles. The minimum absolute atomic E-state index is 0.00306. The van der Waals surface area contributed by atoms with Gasteiger partial charge in [-0.1, -0.05) is 23.7 Å². The summed E-state index contributed by atoms with van der Waals surface area (Å²) in [5.41, 5.74) is 1.14. The number of carbonyl (C=O) groups excluding carboxylic acids is 1. The summed E-state index contributed by atoms with van der Waals surface area (Å²) < 4.78 is 5.60. The van der Waals surface area contributed by atoms with Gasteiger partial charge in [0.2, 0.25) is 0 Å². The number of aldehydes is 1. The summed E-state index contributed by atoms with van der Waals surface area (Å²) in [6, 6.07) is 9.13. The fourth-order valence-electron chi connectivity index (χ4n) is 1.63. The standard InChI is InChI=1S/C14H10ClNO4/c1-9-2-3-10(8-17)6-14(9)20-11-4-5-13(16(18)19)12(15)7-11/h2-8H,1H3. The maximum atomic E-state index is 10.7. The van der Waals surface area contributed by atoms with Crippen molar-refractivity contribution in [1.29, 1.82) is 0 Å². The highest BCUT2D eigenvalue weighted by Gasteiger charge is 2.13. The number of benzene rings is 2. The summed E-state index contributed by atoms with van der Waals surface area (Å²) in [5, 5.41) is 10.7. The Morgan fingerprint density at radius 2 is 2.00 bits per heavy atom. The third-order valence-electron chi connectivity index (χ3n) is 2.69. The quantitative estimate of drug-likeness (QED) is 0.482. The van der Waals surface area contributed by atoms with Crippen molar-refractivity contribution in [2.75, 3.05) is 0 Å². The van der Waals surface area contributed by atoms with Gasteiger partial charge >= 0.3 is 0 Å². The predicted molar refractivity (Wildman–Crippen MR) is 74.7 cm³/mol. The smallest absolute Gasteiger partial charge is 0.288 e. The van der Waals surface area contributed by atoms with E-state index < -0.39 is 4.92 Å². The van der Waals surface area contributed by atoms with Gasteiger partial charge in [0.15, 0.2) is 0 Å². The summed E-state index contributed by atoms with van der Waals surface area (Å²) in [6.45, 7) is 1.83. The molecule has 0 heterocycles. The Labute approximate surface area is 119 Å². The molecule has 0 saturated heterocycles. The van der Waals surface area contributed by atoms with Gasteiger partial charge in [-0.2, -0.15) is 0 Å². The number of aryl methyl sites for hydroxylation is 1. The van der Waals surface area contributed by atoms with Gasteiger partial charge in [-0.3, -0.25) is 14.9 Å². The van der Waals surface area contributed by atoms with Gasteiger partial charge in [0.1, 0.15) is 22.8 Å². The van der Waals surface area contributed by atoms with Crippen molar-refractivity contribution >= 4 is 23.6 Å². The zero-order chi connectivity index (χ0) is 14.7. The van der Waals surface area contributed by atoms with Crippen LogP contribution in [0.5, 0.6) is 11.5 Å². The predicted octanol–water partition coefficient (Wildman–Crippen LogP) is 4.16. The van der Waals surface area contributed by atoms with Gasteiger partial charge in [0.25, 0.3) is 5.69 Å². The van der Waals surface area contributed by atoms with Crippen molar-refractivity contribution in [2.24, 2.45) is 0 Å². The van der Waals surface area contributed by atoms with E-state index in [4.69, 9.17) is 16.3 Å². The first-order valence-electron chi connectivity index (χ1n) is 5.69. The Bertz CT molecular complexity index is 685. The highest BCUT2D eigenvalue weighted by molar-refractivity contribution is 6.32. The molecule has 20 heavy (non-hydrogen) atoms. The third kappa shape index (κ3) is 2.95. The molecular formula is C14H10ClNO4. The van der Waals surface area contributed by atoms with Crippen LogP contribution in [-0.4, -0.2) is 11.2 Å². The minimum Gasteiger partial charge on any atom is -0.457 e. The van der Waals surface area contributed by atoms with E-state index in [-0.39, 0.29) is 10.7 Å². The monoisotopic (exact) mass is 291 g/mol. The summed E-state index contributed by atoms with van der Waals surface area (Å²) in [6.07, 6.45) is 0.717. The molecule has 2 aromatic rings. The van der Waals surface area contributed by atoms with E-state index in [0.29, 0.717) is 17.1 Å². The molecule has 0 saturated carbocycles. The van der Waals surface area contributed by atoms with Gasteiger partial charge in [-0.15, -0.1) is 0 Å². The molecule has 0 aliphatic carbocycles. The van der Waals surface area contributed by atoms with E-state index in [1.807, 2.05) is 6.92 Å². The van der Waals surface area contributed by atoms with Crippen LogP contribution in [0.3, 0.4) is 0 Å². The molecule has 5 nitrogen and oxygen atoms in total. The average Bonchev–Trinajstić information content (AvgIpc) is 2.41. The molecule has 2 aromatic carbocycles. The Balaban J connectivity index is 2.33. The maximum absolute atomic E-state index is 10.7. The van der Waals surface area contributed by atoms with E-state index in [9.17, 15) is 14.9 Å². The molecule has 0 N–H and O–H groups in total. The highest BCUT2D eigenvalue weighted by atomic mass is 35.5. The SMILES string of the molecule is Cc1ccc(C=O)cc1Oc1ccc([N+](=O)[O-])c(Cl)c1. The molecule has 0 amide bonds. The maximum Gasteiger partial charge on any atom is 0.288 e. The molecule has 0 aliphatic rings. The first kappa shape index (κ1) is 14.0. The number of nitrogens with zero attached hydrogens (tertiary/aromatic N) is 1. The second kappa shape index (κ2) is 5.71. The molecule has 0 bridgehead atoms. The number of rotatable bonds is 4. The molecule has 102 valence electrons. The number of nitro groups is 1. The first-order valence-corrected chi connectivity index (χ1v) is 6.06. The fourth-order valence-corrected chi connectivity index (χ4v) is 1.87. The lowest BCUT2D eigenvalue weighted by Gasteiger charge is -2.09. The molecule has 2 rings (SSSR count). The number of nitro benzene ring substituents is 1. The lowest BCUT2D eigenvalue weighted by Crippen LogP contribution is -1.92. The molecular weight excluding hydrogens is 282 g/mol. The van der Waals surface area contributed by atoms with Crippen molar-refractivity contribution < 1.29 is 14.5 Å². The molecule has 0 atom stereocenters. The average molecular weight is 292 g/mol. The van der Waals surface area contributed by atoms with Crippen LogP contribution >= 0.6 is 11.6 Å². The second-order valence-corrected chi connectivity index (χ2v) is 4.52. The summed E-state index contributed by atoms with van der Waals surface area (Å²) >= 11 is 5.81. The van der Waals surface area contributed by atoms with Crippen LogP contribution in [0.2, 0.25) is 5.02 Å². The van der Waals surface area contributed by atoms with Crippen LogP contribution in [-0.2, 0) is 0 Å². The number of hydrogen-bond acceptors (Lipinski definition) is 4. The molecule has 0 fully saturated rings. The summed E-state index contributed by atoms with van der Waals surface area (Å²) in [5.74, 6) is 0.867. The molecule has 0 radical (unpaired) electrons. The van der Waals surface area contributed by atoms with Gasteiger partial charge in [0, 0.05) is 17.7 Å². The topological polar surface area (TPSA) is 69.4 Å². The van der Waals surface area contributed by atoms with Crippen molar-refractivity contribution in [1.82, 2.24) is 0 Å². The van der Waals surface area contributed by atoms with Crippen molar-refractivity contribution in [2.45, 2.75) is 6.92 Å². The molecule has 6 heteroatoms. The molecule has 0 spiro atoms. The van der Waals surface area contributed by atoms with E-state index in [2.05, 4.69) is 0 Å². The van der Waals surface area contributed by atoms with Gasteiger partial charge in [-0.25, -0.2) is 0 Å². The van der Waals surface area contributed by atoms with E-state index in [1.165, 1.54) is 18.2 Å². The van der Waals surface area contributed by atoms with Crippen LogP contribution in [0.25, 0.3) is 0 Å². The highest BCUT2D eigenvalue weighted by Crippen LogP contribution is 2.32. The Morgan fingerprint density at radius 3 is 2.60 bits per heavy atom. The normalized spacial score (nSPS) is 10.1. The summed E-state index contributed by atoms with van der Waals surface area (Å²) in [7, 11) is 0. The van der Waals surface area contributed by atoms with Gasteiger partial charge in [0.05, 0.1) is 4.92 Å². The Kier molecular flexibility index (Phi) is 4.00. The van der Waals surface area contributed by atoms with Crippen molar-refractivity contribution in [3.63, 3.8) is 0 Å². The second-order valence-electron chi connectivity index (χ2n) is 4.12. The number of hydrogen-bond donors (Lipinski definition) is 0. The first-order chi connectivity index (χ1) is 9.51. The van der Waals surface area contributed by atoms with E-state index in [0.717, 1.165) is 11.8 Å². The fraction of sp³-hybridized carbons (Fsp3) is 0.0714. The van der Waals surface area contributed by atoms with Crippen LogP contribution in [0.15, 0.2) is 36.4 Å². The van der Waals surface area contributed by atoms with Gasteiger partial charge < -0.3 is 4.74 Å². The zero-order valence-corrected chi connectivity index (χ0v) is 11.3. The molecule has 0 unspecified atom stereocenters. The largest absolute Gasteiger partial charge is 0.457 e. The number of ether oxygens (including phenoxy) is 1. The zero-order valence-electron chi connectivity index (χ0n) is 10.5. The molecule has 0 aliphatic heterocycles. The van der Waals surface area contributed by atoms with Gasteiger partial charge in [-0.05, 0) is 24.6 Å². The van der Waals surface area contributed by atoms with Crippen molar-refractivity contribution in [3.8, 4) is 11.5 Å². The number of halogens is 1. The lowest BCUT2D eigenvalue weighted by atomic mass is 10.1.